The number of anilines is 1. The Bertz CT molecular complexity index is 1390. The van der Waals surface area contributed by atoms with Crippen LogP contribution in [0.5, 0.6) is 5.75 Å². The molecule has 10 heteroatoms. The summed E-state index contributed by atoms with van der Waals surface area (Å²) in [6, 6.07) is 15.5. The lowest BCUT2D eigenvalue weighted by atomic mass is 10.1. The fourth-order valence-corrected chi connectivity index (χ4v) is 4.74. The summed E-state index contributed by atoms with van der Waals surface area (Å²) in [6.45, 7) is 6.10. The third-order valence-electron chi connectivity index (χ3n) is 5.04. The Hall–Kier alpha value is -3.50. The van der Waals surface area contributed by atoms with Gasteiger partial charge in [-0.05, 0) is 86.1 Å². The molecule has 35 heavy (non-hydrogen) atoms. The molecule has 0 fully saturated rings. The Balaban J connectivity index is 1.42. The van der Waals surface area contributed by atoms with Gasteiger partial charge in [-0.2, -0.15) is 5.10 Å². The molecule has 180 valence electrons. The summed E-state index contributed by atoms with van der Waals surface area (Å²) >= 11 is 6.80. The van der Waals surface area contributed by atoms with Gasteiger partial charge in [-0.1, -0.05) is 23.8 Å². The van der Waals surface area contributed by atoms with E-state index in [2.05, 4.69) is 44.6 Å². The number of alkyl halides is 3. The molecule has 3 aromatic carbocycles. The third kappa shape index (κ3) is 6.34. The summed E-state index contributed by atoms with van der Waals surface area (Å²) < 4.78 is 41.9. The lowest BCUT2D eigenvalue weighted by molar-refractivity contribution is -0.274. The first-order valence-electron chi connectivity index (χ1n) is 10.5. The first-order valence-corrected chi connectivity index (χ1v) is 11.7. The molecular weight excluding hydrogens is 493 g/mol. The van der Waals surface area contributed by atoms with Crippen LogP contribution < -0.4 is 15.5 Å². The molecule has 0 aliphatic heterocycles. The van der Waals surface area contributed by atoms with Gasteiger partial charge in [0.05, 0.1) is 16.4 Å². The van der Waals surface area contributed by atoms with E-state index in [0.717, 1.165) is 32.6 Å². The minimum Gasteiger partial charge on any atom is -0.406 e. The number of benzene rings is 3. The lowest BCUT2D eigenvalue weighted by Crippen LogP contribution is -2.24. The van der Waals surface area contributed by atoms with Crippen molar-refractivity contribution in [1.82, 2.24) is 10.4 Å². The van der Waals surface area contributed by atoms with Crippen LogP contribution in [0.3, 0.4) is 0 Å². The van der Waals surface area contributed by atoms with Crippen LogP contribution in [0.4, 0.5) is 18.9 Å². The van der Waals surface area contributed by atoms with Crippen LogP contribution in [0, 0.1) is 20.8 Å². The van der Waals surface area contributed by atoms with Crippen LogP contribution in [-0.2, 0) is 0 Å². The Morgan fingerprint density at radius 2 is 1.71 bits per heavy atom. The summed E-state index contributed by atoms with van der Waals surface area (Å²) in [5.41, 5.74) is 9.46. The van der Waals surface area contributed by atoms with E-state index in [-0.39, 0.29) is 5.75 Å². The molecule has 0 atom stereocenters. The molecular formula is C25H21F3N4OS2. The molecule has 4 rings (SSSR count). The van der Waals surface area contributed by atoms with Gasteiger partial charge in [-0.3, -0.25) is 5.43 Å². The zero-order chi connectivity index (χ0) is 25.2. The third-order valence-corrected chi connectivity index (χ3v) is 6.32. The molecule has 0 bridgehead atoms. The molecule has 0 saturated heterocycles. The number of halogens is 3. The van der Waals surface area contributed by atoms with Gasteiger partial charge in [0.2, 0.25) is 0 Å². The summed E-state index contributed by atoms with van der Waals surface area (Å²) in [5, 5.41) is 8.48. The number of thiocarbonyl (C=S) groups is 1. The van der Waals surface area contributed by atoms with Gasteiger partial charge >= 0.3 is 6.36 Å². The maximum absolute atomic E-state index is 12.4. The van der Waals surface area contributed by atoms with E-state index < -0.39 is 6.36 Å². The molecule has 0 unspecified atom stereocenters. The van der Waals surface area contributed by atoms with Crippen molar-refractivity contribution < 1.29 is 17.9 Å². The van der Waals surface area contributed by atoms with Gasteiger partial charge in [-0.15, -0.1) is 24.5 Å². The smallest absolute Gasteiger partial charge is 0.406 e. The van der Waals surface area contributed by atoms with Crippen molar-refractivity contribution in [2.45, 2.75) is 27.1 Å². The minimum atomic E-state index is -4.72. The normalized spacial score (nSPS) is 11.7. The highest BCUT2D eigenvalue weighted by Crippen LogP contribution is 2.32. The number of nitrogens with zero attached hydrogens (tertiary/aromatic N) is 2. The van der Waals surface area contributed by atoms with E-state index in [1.54, 1.807) is 18.3 Å². The largest absolute Gasteiger partial charge is 0.573 e. The highest BCUT2D eigenvalue weighted by molar-refractivity contribution is 7.80. The maximum Gasteiger partial charge on any atom is 0.573 e. The van der Waals surface area contributed by atoms with Gasteiger partial charge in [0, 0.05) is 11.3 Å². The highest BCUT2D eigenvalue weighted by Gasteiger charge is 2.31. The second kappa shape index (κ2) is 10.0. The number of fused-ring (bicyclic) bond motifs is 1. The van der Waals surface area contributed by atoms with Crippen molar-refractivity contribution in [1.29, 1.82) is 0 Å². The van der Waals surface area contributed by atoms with Crippen molar-refractivity contribution in [3.05, 3.63) is 76.9 Å². The number of hydrazone groups is 1. The van der Waals surface area contributed by atoms with Gasteiger partial charge in [-0.25, -0.2) is 4.98 Å². The van der Waals surface area contributed by atoms with Crippen LogP contribution in [0.15, 0.2) is 59.7 Å². The number of nitrogens with one attached hydrogen (secondary N) is 2. The quantitative estimate of drug-likeness (QED) is 0.169. The summed E-state index contributed by atoms with van der Waals surface area (Å²) in [4.78, 5) is 4.61. The topological polar surface area (TPSA) is 58.5 Å². The van der Waals surface area contributed by atoms with Gasteiger partial charge in [0.25, 0.3) is 0 Å². The Labute approximate surface area is 209 Å². The molecule has 0 aliphatic carbocycles. The fraction of sp³-hybridized carbons (Fsp3) is 0.160. The van der Waals surface area contributed by atoms with Crippen molar-refractivity contribution in [3.8, 4) is 16.3 Å². The Kier molecular flexibility index (Phi) is 7.04. The van der Waals surface area contributed by atoms with Crippen LogP contribution in [-0.4, -0.2) is 22.7 Å². The number of ether oxygens (including phenoxy) is 1. The molecule has 0 spiro atoms. The molecule has 0 amide bonds. The zero-order valence-corrected chi connectivity index (χ0v) is 20.7. The minimum absolute atomic E-state index is 0.270. The van der Waals surface area contributed by atoms with E-state index >= 15 is 0 Å². The SMILES string of the molecule is Cc1cc(C)c(NC(=S)N/N=C/c2ccc3sc(-c4ccc(OC(F)(F)F)cc4)nc3c2)c(C)c1. The molecule has 4 aromatic rings. The van der Waals surface area contributed by atoms with Crippen LogP contribution >= 0.6 is 23.6 Å². The second-order valence-corrected chi connectivity index (χ2v) is 9.36. The standard InChI is InChI=1S/C25H21F3N4OS2/c1-14-10-15(2)22(16(3)11-14)31-24(34)32-29-13-17-4-9-21-20(12-17)30-23(35-21)18-5-7-19(8-6-18)33-25(26,27)28/h4-13H,1-3H3,(H2,31,32,34)/b29-13+. The summed E-state index contributed by atoms with van der Waals surface area (Å²) in [6.07, 6.45) is -3.08. The number of aryl methyl sites for hydroxylation is 3. The monoisotopic (exact) mass is 514 g/mol. The number of hydrogen-bond acceptors (Lipinski definition) is 5. The number of thiazole rings is 1. The summed E-state index contributed by atoms with van der Waals surface area (Å²) in [7, 11) is 0. The Morgan fingerprint density at radius 3 is 2.37 bits per heavy atom. The van der Waals surface area contributed by atoms with Crippen molar-refractivity contribution in [2.75, 3.05) is 5.32 Å². The number of aromatic nitrogens is 1. The van der Waals surface area contributed by atoms with Gasteiger partial charge in [0.15, 0.2) is 5.11 Å². The van der Waals surface area contributed by atoms with Crippen LogP contribution in [0.25, 0.3) is 20.8 Å². The molecule has 0 radical (unpaired) electrons. The maximum atomic E-state index is 12.4. The number of rotatable bonds is 5. The predicted molar refractivity (Wildman–Crippen MR) is 139 cm³/mol. The average molecular weight is 515 g/mol. The molecule has 0 aliphatic rings. The van der Waals surface area contributed by atoms with Crippen LogP contribution in [0.2, 0.25) is 0 Å². The van der Waals surface area contributed by atoms with Crippen molar-refractivity contribution >= 4 is 50.8 Å². The van der Waals surface area contributed by atoms with E-state index in [1.807, 2.05) is 32.0 Å². The first-order chi connectivity index (χ1) is 16.6. The molecule has 5 nitrogen and oxygen atoms in total. The van der Waals surface area contributed by atoms with E-state index in [9.17, 15) is 13.2 Å². The predicted octanol–water partition coefficient (Wildman–Crippen LogP) is 7.11. The number of hydrogen-bond donors (Lipinski definition) is 2. The molecule has 1 aromatic heterocycles. The van der Waals surface area contributed by atoms with Crippen molar-refractivity contribution in [2.24, 2.45) is 5.10 Å². The zero-order valence-electron chi connectivity index (χ0n) is 19.0. The average Bonchev–Trinajstić information content (AvgIpc) is 3.19. The van der Waals surface area contributed by atoms with Gasteiger partial charge < -0.3 is 10.1 Å². The van der Waals surface area contributed by atoms with Crippen molar-refractivity contribution in [3.63, 3.8) is 0 Å². The first kappa shape index (κ1) is 24.6. The molecule has 0 saturated carbocycles. The second-order valence-electron chi connectivity index (χ2n) is 7.92. The lowest BCUT2D eigenvalue weighted by Gasteiger charge is -2.13. The fourth-order valence-electron chi connectivity index (χ4n) is 3.63. The van der Waals surface area contributed by atoms with E-state index in [1.165, 1.54) is 29.0 Å². The highest BCUT2D eigenvalue weighted by atomic mass is 32.1. The van der Waals surface area contributed by atoms with E-state index in [4.69, 9.17) is 12.2 Å². The summed E-state index contributed by atoms with van der Waals surface area (Å²) in [5.74, 6) is -0.270. The van der Waals surface area contributed by atoms with E-state index in [0.29, 0.717) is 15.7 Å². The molecule has 2 N–H and O–H groups in total. The molecule has 1 heterocycles. The van der Waals surface area contributed by atoms with Gasteiger partial charge in [0.1, 0.15) is 10.8 Å². The Morgan fingerprint density at radius 1 is 1.03 bits per heavy atom. The van der Waals surface area contributed by atoms with Crippen LogP contribution in [0.1, 0.15) is 22.3 Å².